The molecule has 0 heterocycles. The molecule has 0 saturated carbocycles. The van der Waals surface area contributed by atoms with Crippen LogP contribution in [0, 0.1) is 0 Å². The maximum absolute atomic E-state index is 11.5. The van der Waals surface area contributed by atoms with Gasteiger partial charge < -0.3 is 0 Å². The van der Waals surface area contributed by atoms with Crippen LogP contribution in [-0.4, -0.2) is 23.1 Å². The molecule has 0 aliphatic rings. The third-order valence-electron chi connectivity index (χ3n) is 2.32. The normalized spacial score (nSPS) is 14.4. The second-order valence-corrected chi connectivity index (χ2v) is 3.75. The first-order valence-corrected chi connectivity index (χ1v) is 5.53. The van der Waals surface area contributed by atoms with E-state index >= 15 is 0 Å². The molecule has 0 aromatic carbocycles. The molecule has 0 saturated heterocycles. The van der Waals surface area contributed by atoms with Gasteiger partial charge in [0.05, 0.1) is 0 Å². The topological polar surface area (TPSA) is 44.4 Å². The summed E-state index contributed by atoms with van der Waals surface area (Å²) in [6, 6.07) is 0.510. The van der Waals surface area contributed by atoms with Gasteiger partial charge in [0.2, 0.25) is 0 Å². The van der Waals surface area contributed by atoms with Crippen LogP contribution in [-0.2, 0) is 4.79 Å². The number of rotatable bonds is 7. The Bertz CT molecular complexity index is 194. The van der Waals surface area contributed by atoms with E-state index < -0.39 is 0 Å². The minimum Gasteiger partial charge on any atom is -0.267 e. The molecule has 0 radical (unpaired) electrons. The number of carbonyl (C=O) groups excluding carboxylic acids is 1. The van der Waals surface area contributed by atoms with Crippen molar-refractivity contribution >= 4 is 5.91 Å². The predicted octanol–water partition coefficient (Wildman–Crippen LogP) is 1.61. The van der Waals surface area contributed by atoms with E-state index in [2.05, 4.69) is 31.3 Å². The van der Waals surface area contributed by atoms with Crippen LogP contribution in [0.1, 0.15) is 40.5 Å². The summed E-state index contributed by atoms with van der Waals surface area (Å²) in [6.07, 6.45) is 3.22. The van der Waals surface area contributed by atoms with Gasteiger partial charge in [-0.3, -0.25) is 4.79 Å². The molecule has 2 atom stereocenters. The Hall–Kier alpha value is -0.870. The monoisotopic (exact) mass is 213 g/mol. The smallest absolute Gasteiger partial charge is 0.267 e. The lowest BCUT2D eigenvalue weighted by Crippen LogP contribution is -2.56. The first-order valence-electron chi connectivity index (χ1n) is 5.53. The van der Waals surface area contributed by atoms with E-state index in [4.69, 9.17) is 0 Å². The van der Waals surface area contributed by atoms with E-state index in [1.54, 1.807) is 0 Å². The van der Waals surface area contributed by atoms with Crippen molar-refractivity contribution < 1.29 is 4.79 Å². The van der Waals surface area contributed by atoms with Crippen LogP contribution in [0.3, 0.4) is 0 Å². The van der Waals surface area contributed by atoms with Crippen LogP contribution in [0.25, 0.3) is 0 Å². The summed E-state index contributed by atoms with van der Waals surface area (Å²) in [4.78, 5) is 11.5. The predicted molar refractivity (Wildman–Crippen MR) is 62.8 cm³/mol. The Kier molecular flexibility index (Phi) is 6.99. The lowest BCUT2D eigenvalue weighted by atomic mass is 10.3. The minimum atomic E-state index is -0.157. The van der Waals surface area contributed by atoms with Crippen LogP contribution in [0.4, 0.5) is 0 Å². The molecular weight excluding hydrogens is 190 g/mol. The fraction of sp³-hybridized carbons (Fsp3) is 0.727. The molecule has 1 amide bonds. The van der Waals surface area contributed by atoms with Gasteiger partial charge >= 0.3 is 0 Å². The minimum absolute atomic E-state index is 0.157. The Balaban J connectivity index is 4.30. The first kappa shape index (κ1) is 14.1. The van der Waals surface area contributed by atoms with Gasteiger partial charge in [-0.25, -0.2) is 16.0 Å². The molecule has 0 spiro atoms. The van der Waals surface area contributed by atoms with Crippen LogP contribution in [0.5, 0.6) is 0 Å². The van der Waals surface area contributed by atoms with Crippen molar-refractivity contribution in [1.82, 2.24) is 16.0 Å². The van der Waals surface area contributed by atoms with Crippen molar-refractivity contribution in [1.29, 1.82) is 0 Å². The average Bonchev–Trinajstić information content (AvgIpc) is 2.26. The van der Waals surface area contributed by atoms with Gasteiger partial charge in [0.1, 0.15) is 0 Å². The van der Waals surface area contributed by atoms with Gasteiger partial charge in [0.15, 0.2) is 0 Å². The van der Waals surface area contributed by atoms with Crippen molar-refractivity contribution in [2.24, 2.45) is 0 Å². The van der Waals surface area contributed by atoms with E-state index in [1.807, 2.05) is 13.8 Å². The quantitative estimate of drug-likeness (QED) is 0.499. The summed E-state index contributed by atoms with van der Waals surface area (Å²) < 4.78 is 0. The van der Waals surface area contributed by atoms with Gasteiger partial charge in [-0.05, 0) is 32.8 Å². The van der Waals surface area contributed by atoms with Crippen LogP contribution < -0.4 is 10.9 Å². The van der Waals surface area contributed by atoms with Crippen LogP contribution in [0.2, 0.25) is 0 Å². The molecule has 2 N–H and O–H groups in total. The fourth-order valence-corrected chi connectivity index (χ4v) is 0.879. The second-order valence-electron chi connectivity index (χ2n) is 3.75. The fourth-order valence-electron chi connectivity index (χ4n) is 0.879. The van der Waals surface area contributed by atoms with Gasteiger partial charge in [-0.15, -0.1) is 0 Å². The standard InChI is InChI=1S/C11H23N3O/c1-6-9(4)12-14(11(15)8-3)13-10(5)7-2/h8-10,12-13H,3,6-7H2,1-2,4-5H3. The van der Waals surface area contributed by atoms with E-state index in [-0.39, 0.29) is 18.0 Å². The van der Waals surface area contributed by atoms with Crippen LogP contribution in [0.15, 0.2) is 12.7 Å². The summed E-state index contributed by atoms with van der Waals surface area (Å²) >= 11 is 0. The molecule has 4 nitrogen and oxygen atoms in total. The van der Waals surface area contributed by atoms with Crippen molar-refractivity contribution in [3.05, 3.63) is 12.7 Å². The van der Waals surface area contributed by atoms with Gasteiger partial charge in [0, 0.05) is 12.1 Å². The van der Waals surface area contributed by atoms with E-state index in [1.165, 1.54) is 11.2 Å². The van der Waals surface area contributed by atoms with Crippen molar-refractivity contribution in [2.75, 3.05) is 0 Å². The first-order chi connectivity index (χ1) is 7.04. The highest BCUT2D eigenvalue weighted by molar-refractivity contribution is 5.86. The highest BCUT2D eigenvalue weighted by atomic mass is 16.2. The number of hydrogen-bond acceptors (Lipinski definition) is 3. The molecule has 0 aromatic rings. The number of nitrogens with zero attached hydrogens (tertiary/aromatic N) is 1. The van der Waals surface area contributed by atoms with E-state index in [9.17, 15) is 4.79 Å². The lowest BCUT2D eigenvalue weighted by molar-refractivity contribution is -0.134. The van der Waals surface area contributed by atoms with Crippen LogP contribution >= 0.6 is 0 Å². The molecule has 2 unspecified atom stereocenters. The number of carbonyl (C=O) groups is 1. The molecule has 0 bridgehead atoms. The van der Waals surface area contributed by atoms with Crippen molar-refractivity contribution in [3.63, 3.8) is 0 Å². The molecule has 88 valence electrons. The summed E-state index contributed by atoms with van der Waals surface area (Å²) in [5, 5.41) is 1.43. The van der Waals surface area contributed by atoms with Crippen molar-refractivity contribution in [3.8, 4) is 0 Å². The summed E-state index contributed by atoms with van der Waals surface area (Å²) in [7, 11) is 0. The molecule has 0 aromatic heterocycles. The Morgan fingerprint density at radius 2 is 1.67 bits per heavy atom. The van der Waals surface area contributed by atoms with Gasteiger partial charge in [-0.2, -0.15) is 0 Å². The zero-order valence-electron chi connectivity index (χ0n) is 10.2. The van der Waals surface area contributed by atoms with Gasteiger partial charge in [0.25, 0.3) is 5.91 Å². The molecular formula is C11H23N3O. The average molecular weight is 213 g/mol. The zero-order chi connectivity index (χ0) is 11.8. The zero-order valence-corrected chi connectivity index (χ0v) is 10.2. The van der Waals surface area contributed by atoms with Gasteiger partial charge in [-0.1, -0.05) is 20.4 Å². The lowest BCUT2D eigenvalue weighted by Gasteiger charge is -2.28. The summed E-state index contributed by atoms with van der Waals surface area (Å²) in [5.74, 6) is -0.157. The summed E-state index contributed by atoms with van der Waals surface area (Å²) in [6.45, 7) is 11.7. The number of hydrazine groups is 2. The molecule has 0 aliphatic heterocycles. The molecule has 15 heavy (non-hydrogen) atoms. The van der Waals surface area contributed by atoms with E-state index in [0.717, 1.165) is 12.8 Å². The molecule has 0 rings (SSSR count). The maximum atomic E-state index is 11.5. The van der Waals surface area contributed by atoms with Crippen molar-refractivity contribution in [2.45, 2.75) is 52.6 Å². The highest BCUT2D eigenvalue weighted by Crippen LogP contribution is 1.94. The summed E-state index contributed by atoms with van der Waals surface area (Å²) in [5.41, 5.74) is 6.17. The number of nitrogens with one attached hydrogen (secondary N) is 2. The Labute approximate surface area is 92.7 Å². The SMILES string of the molecule is C=CC(=O)N(NC(C)CC)NC(C)CC. The number of amides is 1. The largest absolute Gasteiger partial charge is 0.274 e. The maximum Gasteiger partial charge on any atom is 0.274 e. The van der Waals surface area contributed by atoms with E-state index in [0.29, 0.717) is 0 Å². The Morgan fingerprint density at radius 1 is 1.27 bits per heavy atom. The third kappa shape index (κ3) is 5.54. The third-order valence-corrected chi connectivity index (χ3v) is 2.32. The number of hydrogen-bond donors (Lipinski definition) is 2. The Morgan fingerprint density at radius 3 is 1.93 bits per heavy atom. The molecule has 4 heteroatoms. The molecule has 0 aliphatic carbocycles. The molecule has 0 fully saturated rings. The second kappa shape index (κ2) is 7.43. The highest BCUT2D eigenvalue weighted by Gasteiger charge is 2.13.